The van der Waals surface area contributed by atoms with Crippen LogP contribution in [0.15, 0.2) is 18.2 Å². The van der Waals surface area contributed by atoms with Crippen molar-refractivity contribution in [1.29, 1.82) is 0 Å². The van der Waals surface area contributed by atoms with Crippen LogP contribution in [0.5, 0.6) is 0 Å². The van der Waals surface area contributed by atoms with E-state index in [4.69, 9.17) is 4.74 Å². The lowest BCUT2D eigenvalue weighted by Crippen LogP contribution is -2.35. The number of fused-ring (bicyclic) bond motifs is 1. The average molecular weight is 288 g/mol. The summed E-state index contributed by atoms with van der Waals surface area (Å²) in [6, 6.07) is 6.17. The van der Waals surface area contributed by atoms with Crippen LogP contribution in [0.4, 0.5) is 0 Å². The monoisotopic (exact) mass is 288 g/mol. The van der Waals surface area contributed by atoms with Crippen LogP contribution in [0, 0.1) is 5.92 Å². The molecule has 2 aliphatic heterocycles. The molecule has 1 N–H and O–H groups in total. The number of nitrogens with one attached hydrogen (secondary N) is 1. The van der Waals surface area contributed by atoms with Gasteiger partial charge in [-0.1, -0.05) is 6.07 Å². The zero-order chi connectivity index (χ0) is 14.7. The molecule has 0 saturated carbocycles. The Balaban J connectivity index is 1.73. The van der Waals surface area contributed by atoms with Gasteiger partial charge in [0.15, 0.2) is 0 Å². The summed E-state index contributed by atoms with van der Waals surface area (Å²) in [6.45, 7) is 7.14. The highest BCUT2D eigenvalue weighted by Crippen LogP contribution is 2.19. The molecule has 1 unspecified atom stereocenters. The maximum atomic E-state index is 12.7. The SMILES string of the molecule is CCN(CC1CCOC1)C(=O)c1ccc2c(c1)CNCC2. The highest BCUT2D eigenvalue weighted by atomic mass is 16.5. The number of carbonyl (C=O) groups is 1. The molecule has 0 bridgehead atoms. The van der Waals surface area contributed by atoms with Crippen LogP contribution in [0.25, 0.3) is 0 Å². The van der Waals surface area contributed by atoms with Gasteiger partial charge in [-0.05, 0) is 49.6 Å². The number of nitrogens with zero attached hydrogens (tertiary/aromatic N) is 1. The molecule has 1 fully saturated rings. The molecular formula is C17H24N2O2. The van der Waals surface area contributed by atoms with E-state index in [-0.39, 0.29) is 5.91 Å². The van der Waals surface area contributed by atoms with Crippen molar-refractivity contribution in [2.75, 3.05) is 32.8 Å². The van der Waals surface area contributed by atoms with Gasteiger partial charge in [-0.25, -0.2) is 0 Å². The maximum absolute atomic E-state index is 12.7. The van der Waals surface area contributed by atoms with Gasteiger partial charge in [-0.15, -0.1) is 0 Å². The molecule has 0 aliphatic carbocycles. The van der Waals surface area contributed by atoms with Crippen molar-refractivity contribution in [1.82, 2.24) is 10.2 Å². The minimum absolute atomic E-state index is 0.151. The molecule has 2 aliphatic rings. The van der Waals surface area contributed by atoms with E-state index in [1.54, 1.807) is 0 Å². The van der Waals surface area contributed by atoms with Crippen molar-refractivity contribution in [3.8, 4) is 0 Å². The Kier molecular flexibility index (Phi) is 4.56. The second-order valence-corrected chi connectivity index (χ2v) is 5.98. The van der Waals surface area contributed by atoms with E-state index in [1.807, 2.05) is 17.9 Å². The number of hydrogen-bond donors (Lipinski definition) is 1. The molecule has 4 heteroatoms. The van der Waals surface area contributed by atoms with E-state index < -0.39 is 0 Å². The lowest BCUT2D eigenvalue weighted by molar-refractivity contribution is 0.0730. The van der Waals surface area contributed by atoms with Crippen LogP contribution < -0.4 is 5.32 Å². The van der Waals surface area contributed by atoms with Crippen molar-refractivity contribution in [3.05, 3.63) is 34.9 Å². The molecule has 3 rings (SSSR count). The number of benzene rings is 1. The van der Waals surface area contributed by atoms with E-state index >= 15 is 0 Å². The molecule has 1 saturated heterocycles. The summed E-state index contributed by atoms with van der Waals surface area (Å²) < 4.78 is 5.42. The first kappa shape index (κ1) is 14.5. The van der Waals surface area contributed by atoms with Crippen molar-refractivity contribution < 1.29 is 9.53 Å². The predicted molar refractivity (Wildman–Crippen MR) is 82.4 cm³/mol. The topological polar surface area (TPSA) is 41.6 Å². The summed E-state index contributed by atoms with van der Waals surface area (Å²) in [7, 11) is 0. The Morgan fingerprint density at radius 3 is 3.10 bits per heavy atom. The molecule has 114 valence electrons. The van der Waals surface area contributed by atoms with Crippen LogP contribution in [0.3, 0.4) is 0 Å². The highest BCUT2D eigenvalue weighted by molar-refractivity contribution is 5.94. The smallest absolute Gasteiger partial charge is 0.253 e. The predicted octanol–water partition coefficient (Wildman–Crippen LogP) is 1.83. The van der Waals surface area contributed by atoms with E-state index in [0.29, 0.717) is 5.92 Å². The molecule has 2 heterocycles. The van der Waals surface area contributed by atoms with Gasteiger partial charge < -0.3 is 15.0 Å². The largest absolute Gasteiger partial charge is 0.381 e. The minimum atomic E-state index is 0.151. The van der Waals surface area contributed by atoms with Gasteiger partial charge in [0.25, 0.3) is 5.91 Å². The van der Waals surface area contributed by atoms with Gasteiger partial charge in [-0.3, -0.25) is 4.79 Å². The van der Waals surface area contributed by atoms with Crippen molar-refractivity contribution >= 4 is 5.91 Å². The molecule has 4 nitrogen and oxygen atoms in total. The number of rotatable bonds is 4. The average Bonchev–Trinajstić information content (AvgIpc) is 3.04. The zero-order valence-electron chi connectivity index (χ0n) is 12.7. The molecule has 1 amide bonds. The van der Waals surface area contributed by atoms with Gasteiger partial charge in [0.05, 0.1) is 6.61 Å². The van der Waals surface area contributed by atoms with E-state index in [9.17, 15) is 4.79 Å². The van der Waals surface area contributed by atoms with Crippen LogP contribution in [0.2, 0.25) is 0 Å². The van der Waals surface area contributed by atoms with Crippen molar-refractivity contribution in [2.45, 2.75) is 26.3 Å². The standard InChI is InChI=1S/C17H24N2O2/c1-2-19(11-13-6-8-21-12-13)17(20)15-4-3-14-5-7-18-10-16(14)9-15/h3-4,9,13,18H,2,5-8,10-12H2,1H3. The first-order valence-corrected chi connectivity index (χ1v) is 7.97. The second kappa shape index (κ2) is 6.58. The third-order valence-corrected chi connectivity index (χ3v) is 4.51. The third kappa shape index (κ3) is 3.27. The number of ether oxygens (including phenoxy) is 1. The Morgan fingerprint density at radius 2 is 2.33 bits per heavy atom. The molecule has 0 aromatic heterocycles. The number of amides is 1. The zero-order valence-corrected chi connectivity index (χ0v) is 12.7. The summed E-state index contributed by atoms with van der Waals surface area (Å²) in [5.41, 5.74) is 3.46. The summed E-state index contributed by atoms with van der Waals surface area (Å²) >= 11 is 0. The molecule has 1 aromatic rings. The fourth-order valence-corrected chi connectivity index (χ4v) is 3.19. The molecule has 1 atom stereocenters. The van der Waals surface area contributed by atoms with Gasteiger partial charge in [0.2, 0.25) is 0 Å². The Morgan fingerprint density at radius 1 is 1.43 bits per heavy atom. The second-order valence-electron chi connectivity index (χ2n) is 5.98. The van der Waals surface area contributed by atoms with E-state index in [2.05, 4.69) is 17.4 Å². The lowest BCUT2D eigenvalue weighted by atomic mass is 9.98. The Hall–Kier alpha value is -1.39. The van der Waals surface area contributed by atoms with Gasteiger partial charge in [-0.2, -0.15) is 0 Å². The maximum Gasteiger partial charge on any atom is 0.253 e. The first-order chi connectivity index (χ1) is 10.3. The molecule has 1 aromatic carbocycles. The van der Waals surface area contributed by atoms with Crippen molar-refractivity contribution in [2.24, 2.45) is 5.92 Å². The lowest BCUT2D eigenvalue weighted by Gasteiger charge is -2.25. The highest BCUT2D eigenvalue weighted by Gasteiger charge is 2.23. The summed E-state index contributed by atoms with van der Waals surface area (Å²) in [5.74, 6) is 0.644. The number of hydrogen-bond acceptors (Lipinski definition) is 3. The first-order valence-electron chi connectivity index (χ1n) is 7.97. The summed E-state index contributed by atoms with van der Waals surface area (Å²) in [5, 5.41) is 3.37. The van der Waals surface area contributed by atoms with Crippen LogP contribution in [-0.2, 0) is 17.7 Å². The Labute approximate surface area is 126 Å². The fourth-order valence-electron chi connectivity index (χ4n) is 3.19. The fraction of sp³-hybridized carbons (Fsp3) is 0.588. The van der Waals surface area contributed by atoms with Crippen LogP contribution in [-0.4, -0.2) is 43.7 Å². The van der Waals surface area contributed by atoms with E-state index in [0.717, 1.165) is 57.8 Å². The quantitative estimate of drug-likeness (QED) is 0.919. The van der Waals surface area contributed by atoms with E-state index in [1.165, 1.54) is 11.1 Å². The third-order valence-electron chi connectivity index (χ3n) is 4.51. The summed E-state index contributed by atoms with van der Waals surface area (Å²) in [4.78, 5) is 14.7. The summed E-state index contributed by atoms with van der Waals surface area (Å²) in [6.07, 6.45) is 2.12. The van der Waals surface area contributed by atoms with Gasteiger partial charge >= 0.3 is 0 Å². The van der Waals surface area contributed by atoms with Crippen molar-refractivity contribution in [3.63, 3.8) is 0 Å². The van der Waals surface area contributed by atoms with Gasteiger partial charge in [0, 0.05) is 37.7 Å². The molecule has 0 radical (unpaired) electrons. The van der Waals surface area contributed by atoms with Gasteiger partial charge in [0.1, 0.15) is 0 Å². The van der Waals surface area contributed by atoms with Crippen LogP contribution in [0.1, 0.15) is 34.8 Å². The minimum Gasteiger partial charge on any atom is -0.381 e. The number of carbonyl (C=O) groups excluding carboxylic acids is 1. The molecule has 0 spiro atoms. The van der Waals surface area contributed by atoms with Crippen LogP contribution >= 0.6 is 0 Å². The molecular weight excluding hydrogens is 264 g/mol. The molecule has 21 heavy (non-hydrogen) atoms. The normalized spacial score (nSPS) is 21.1. The Bertz CT molecular complexity index is 510.